The van der Waals surface area contributed by atoms with Crippen LogP contribution in [0.25, 0.3) is 0 Å². The zero-order valence-electron chi connectivity index (χ0n) is 15.9. The van der Waals surface area contributed by atoms with Crippen LogP contribution in [0.2, 0.25) is 0 Å². The fourth-order valence-electron chi connectivity index (χ4n) is 5.00. The molecule has 0 aromatic heterocycles. The average molecular weight is 369 g/mol. The van der Waals surface area contributed by atoms with E-state index in [0.717, 1.165) is 31.2 Å². The third-order valence-electron chi connectivity index (χ3n) is 6.48. The lowest BCUT2D eigenvalue weighted by molar-refractivity contribution is -0.144. The van der Waals surface area contributed by atoms with E-state index in [1.165, 1.54) is 0 Å². The molecule has 27 heavy (non-hydrogen) atoms. The number of carbonyl (C=O) groups is 3. The smallest absolute Gasteiger partial charge is 0.314 e. The summed E-state index contributed by atoms with van der Waals surface area (Å²) in [6, 6.07) is 7.44. The second kappa shape index (κ2) is 7.45. The van der Waals surface area contributed by atoms with Gasteiger partial charge < -0.3 is 4.74 Å². The van der Waals surface area contributed by atoms with E-state index in [4.69, 9.17) is 4.74 Å². The van der Waals surface area contributed by atoms with Crippen molar-refractivity contribution in [3.8, 4) is 5.75 Å². The Labute approximate surface area is 160 Å². The predicted octanol–water partition coefficient (Wildman–Crippen LogP) is 3.63. The predicted molar refractivity (Wildman–Crippen MR) is 99.9 cm³/mol. The second-order valence-electron chi connectivity index (χ2n) is 8.29. The highest BCUT2D eigenvalue weighted by Crippen LogP contribution is 2.41. The van der Waals surface area contributed by atoms with Crippen LogP contribution in [0.4, 0.5) is 0 Å². The van der Waals surface area contributed by atoms with E-state index in [1.54, 1.807) is 11.0 Å². The van der Waals surface area contributed by atoms with E-state index in [9.17, 15) is 14.4 Å². The van der Waals surface area contributed by atoms with Crippen molar-refractivity contribution in [2.75, 3.05) is 0 Å². The summed E-state index contributed by atoms with van der Waals surface area (Å²) < 4.78 is 5.53. The number of aryl methyl sites for hydroxylation is 1. The van der Waals surface area contributed by atoms with Gasteiger partial charge in [0.2, 0.25) is 11.8 Å². The van der Waals surface area contributed by atoms with E-state index in [-0.39, 0.29) is 41.6 Å². The highest BCUT2D eigenvalue weighted by atomic mass is 16.5. The van der Waals surface area contributed by atoms with Crippen LogP contribution in [-0.2, 0) is 14.4 Å². The van der Waals surface area contributed by atoms with Crippen molar-refractivity contribution in [2.24, 2.45) is 17.8 Å². The highest BCUT2D eigenvalue weighted by molar-refractivity contribution is 6.05. The molecule has 3 aliphatic rings. The van der Waals surface area contributed by atoms with Gasteiger partial charge in [-0.15, -0.1) is 0 Å². The summed E-state index contributed by atoms with van der Waals surface area (Å²) in [7, 11) is 0. The average Bonchev–Trinajstić information content (AvgIpc) is 2.93. The second-order valence-corrected chi connectivity index (χ2v) is 8.29. The summed E-state index contributed by atoms with van der Waals surface area (Å²) in [5.41, 5.74) is 1.05. The van der Waals surface area contributed by atoms with Gasteiger partial charge in [-0.3, -0.25) is 19.3 Å². The molecular formula is C22H27NO4. The SMILES string of the molecule is Cc1cccc(OC(=O)C2CCC(N3C(=O)[C@H]4CCCC[C@@H]4C3=O)CC2)c1. The minimum absolute atomic E-state index is 0.0375. The number of esters is 1. The lowest BCUT2D eigenvalue weighted by Crippen LogP contribution is -2.43. The van der Waals surface area contributed by atoms with Crippen molar-refractivity contribution >= 4 is 17.8 Å². The zero-order chi connectivity index (χ0) is 19.0. The van der Waals surface area contributed by atoms with Crippen LogP contribution in [-0.4, -0.2) is 28.7 Å². The van der Waals surface area contributed by atoms with E-state index in [2.05, 4.69) is 0 Å². The van der Waals surface area contributed by atoms with Gasteiger partial charge in [-0.2, -0.15) is 0 Å². The summed E-state index contributed by atoms with van der Waals surface area (Å²) in [4.78, 5) is 39.5. The molecule has 144 valence electrons. The first kappa shape index (κ1) is 18.2. The van der Waals surface area contributed by atoms with Gasteiger partial charge in [0.25, 0.3) is 0 Å². The fourth-order valence-corrected chi connectivity index (χ4v) is 5.00. The molecule has 1 aromatic carbocycles. The molecular weight excluding hydrogens is 342 g/mol. The van der Waals surface area contributed by atoms with Crippen LogP contribution in [0.5, 0.6) is 5.75 Å². The van der Waals surface area contributed by atoms with Gasteiger partial charge in [0, 0.05) is 6.04 Å². The summed E-state index contributed by atoms with van der Waals surface area (Å²) in [5.74, 6) is 0.122. The molecule has 1 saturated heterocycles. The number of nitrogens with zero attached hydrogens (tertiary/aromatic N) is 1. The van der Waals surface area contributed by atoms with Crippen molar-refractivity contribution in [1.82, 2.24) is 4.90 Å². The Bertz CT molecular complexity index is 726. The molecule has 0 unspecified atom stereocenters. The molecule has 3 fully saturated rings. The largest absolute Gasteiger partial charge is 0.426 e. The molecule has 0 N–H and O–H groups in total. The Hall–Kier alpha value is -2.17. The van der Waals surface area contributed by atoms with Crippen molar-refractivity contribution in [3.05, 3.63) is 29.8 Å². The first-order chi connectivity index (χ1) is 13.0. The summed E-state index contributed by atoms with van der Waals surface area (Å²) in [6.45, 7) is 1.96. The number of hydrogen-bond donors (Lipinski definition) is 0. The third kappa shape index (κ3) is 3.52. The maximum atomic E-state index is 12.8. The minimum atomic E-state index is -0.202. The molecule has 5 nitrogen and oxygen atoms in total. The van der Waals surface area contributed by atoms with Crippen molar-refractivity contribution in [1.29, 1.82) is 0 Å². The number of rotatable bonds is 3. The van der Waals surface area contributed by atoms with E-state index >= 15 is 0 Å². The lowest BCUT2D eigenvalue weighted by atomic mass is 9.81. The Morgan fingerprint density at radius 2 is 1.59 bits per heavy atom. The fraction of sp³-hybridized carbons (Fsp3) is 0.591. The minimum Gasteiger partial charge on any atom is -0.426 e. The van der Waals surface area contributed by atoms with Gasteiger partial charge in [-0.1, -0.05) is 25.0 Å². The molecule has 4 rings (SSSR count). The van der Waals surface area contributed by atoms with Crippen LogP contribution in [0.3, 0.4) is 0 Å². The number of amides is 2. The first-order valence-electron chi connectivity index (χ1n) is 10.2. The quantitative estimate of drug-likeness (QED) is 0.464. The van der Waals surface area contributed by atoms with Crippen molar-refractivity contribution in [2.45, 2.75) is 64.3 Å². The molecule has 2 atom stereocenters. The van der Waals surface area contributed by atoms with Crippen LogP contribution in [0.15, 0.2) is 24.3 Å². The van der Waals surface area contributed by atoms with Gasteiger partial charge in [0.05, 0.1) is 17.8 Å². The molecule has 1 aromatic rings. The molecule has 0 bridgehead atoms. The number of ether oxygens (including phenoxy) is 1. The van der Waals surface area contributed by atoms with Crippen LogP contribution >= 0.6 is 0 Å². The molecule has 2 aliphatic carbocycles. The summed E-state index contributed by atoms with van der Waals surface area (Å²) >= 11 is 0. The molecule has 1 aliphatic heterocycles. The van der Waals surface area contributed by atoms with Gasteiger partial charge in [-0.25, -0.2) is 0 Å². The summed E-state index contributed by atoms with van der Waals surface area (Å²) in [6.07, 6.45) is 6.53. The molecule has 0 radical (unpaired) electrons. The Balaban J connectivity index is 1.35. The maximum absolute atomic E-state index is 12.8. The number of carbonyl (C=O) groups excluding carboxylic acids is 3. The number of imide groups is 1. The topological polar surface area (TPSA) is 63.7 Å². The van der Waals surface area contributed by atoms with E-state index in [1.807, 2.05) is 25.1 Å². The van der Waals surface area contributed by atoms with Gasteiger partial charge in [0.15, 0.2) is 0 Å². The molecule has 2 amide bonds. The Kier molecular flexibility index (Phi) is 5.02. The molecule has 5 heteroatoms. The van der Waals surface area contributed by atoms with Crippen molar-refractivity contribution in [3.63, 3.8) is 0 Å². The van der Waals surface area contributed by atoms with E-state index in [0.29, 0.717) is 31.4 Å². The monoisotopic (exact) mass is 369 g/mol. The standard InChI is InChI=1S/C22H27NO4/c1-14-5-4-6-17(13-14)27-22(26)15-9-11-16(12-10-15)23-20(24)18-7-2-3-8-19(18)21(23)25/h4-6,13,15-16,18-19H,2-3,7-12H2,1H3/t15?,16?,18-,19-/m0/s1. The maximum Gasteiger partial charge on any atom is 0.314 e. The zero-order valence-corrected chi connectivity index (χ0v) is 15.9. The van der Waals surface area contributed by atoms with E-state index < -0.39 is 0 Å². The number of likely N-dealkylation sites (tertiary alicyclic amines) is 1. The molecule has 0 spiro atoms. The normalized spacial score (nSPS) is 30.9. The number of hydrogen-bond acceptors (Lipinski definition) is 4. The van der Waals surface area contributed by atoms with Crippen LogP contribution in [0.1, 0.15) is 56.9 Å². The summed E-state index contributed by atoms with van der Waals surface area (Å²) in [5, 5.41) is 0. The highest BCUT2D eigenvalue weighted by Gasteiger charge is 2.50. The molecule has 2 saturated carbocycles. The lowest BCUT2D eigenvalue weighted by Gasteiger charge is -2.32. The van der Waals surface area contributed by atoms with Gasteiger partial charge >= 0.3 is 5.97 Å². The molecule has 1 heterocycles. The van der Waals surface area contributed by atoms with Crippen LogP contribution in [0, 0.1) is 24.7 Å². The number of fused-ring (bicyclic) bond motifs is 1. The third-order valence-corrected chi connectivity index (χ3v) is 6.48. The van der Waals surface area contributed by atoms with Crippen molar-refractivity contribution < 1.29 is 19.1 Å². The van der Waals surface area contributed by atoms with Crippen LogP contribution < -0.4 is 4.74 Å². The van der Waals surface area contributed by atoms with Gasteiger partial charge in [0.1, 0.15) is 5.75 Å². The number of benzene rings is 1. The Morgan fingerprint density at radius 1 is 0.963 bits per heavy atom. The first-order valence-corrected chi connectivity index (χ1v) is 10.2. The Morgan fingerprint density at radius 3 is 2.19 bits per heavy atom. The van der Waals surface area contributed by atoms with Gasteiger partial charge in [-0.05, 0) is 63.1 Å².